The molecule has 0 aliphatic carbocycles. The lowest BCUT2D eigenvalue weighted by atomic mass is 9.98. The van der Waals surface area contributed by atoms with E-state index >= 15 is 0 Å². The Morgan fingerprint density at radius 3 is 2.79 bits per heavy atom. The average Bonchev–Trinajstić information content (AvgIpc) is 2.42. The molecular weight excluding hydrogens is 248 g/mol. The molecule has 1 aromatic rings. The minimum Gasteiger partial charge on any atom is -0.506 e. The van der Waals surface area contributed by atoms with Gasteiger partial charge < -0.3 is 20.8 Å². The molecule has 1 aliphatic rings. The Labute approximate surface area is 110 Å². The number of hydrogen-bond acceptors (Lipinski definition) is 4. The summed E-state index contributed by atoms with van der Waals surface area (Å²) in [5.74, 6) is -1.59. The number of phenols is 1. The first-order valence-corrected chi connectivity index (χ1v) is 6.16. The molecule has 6 heteroatoms. The molecule has 102 valence electrons. The van der Waals surface area contributed by atoms with Crippen LogP contribution in [0.1, 0.15) is 23.2 Å². The molecule has 0 bridgehead atoms. The Morgan fingerprint density at radius 2 is 2.16 bits per heavy atom. The predicted octanol–water partition coefficient (Wildman–Crippen LogP) is 1.03. The van der Waals surface area contributed by atoms with E-state index in [2.05, 4.69) is 10.6 Å². The van der Waals surface area contributed by atoms with Crippen LogP contribution in [0.4, 0.5) is 5.69 Å². The molecule has 1 aromatic carbocycles. The largest absolute Gasteiger partial charge is 0.506 e. The van der Waals surface area contributed by atoms with Gasteiger partial charge in [0, 0.05) is 6.54 Å². The molecule has 0 aromatic heterocycles. The Hall–Kier alpha value is -2.08. The minimum absolute atomic E-state index is 0.0230. The van der Waals surface area contributed by atoms with Crippen LogP contribution < -0.4 is 10.6 Å². The van der Waals surface area contributed by atoms with Crippen LogP contribution in [0.3, 0.4) is 0 Å². The molecule has 19 heavy (non-hydrogen) atoms. The Kier molecular flexibility index (Phi) is 4.01. The molecular formula is C13H16N2O4. The minimum atomic E-state index is -1.10. The van der Waals surface area contributed by atoms with Gasteiger partial charge in [0.2, 0.25) is 5.91 Å². The van der Waals surface area contributed by atoms with E-state index in [4.69, 9.17) is 5.11 Å². The van der Waals surface area contributed by atoms with E-state index in [0.29, 0.717) is 6.54 Å². The Balaban J connectivity index is 2.11. The van der Waals surface area contributed by atoms with Crippen LogP contribution in [-0.4, -0.2) is 35.2 Å². The third-order valence-corrected chi connectivity index (χ3v) is 3.17. The monoisotopic (exact) mass is 264 g/mol. The number of carbonyl (C=O) groups excluding carboxylic acids is 1. The van der Waals surface area contributed by atoms with Crippen LogP contribution in [0.25, 0.3) is 0 Å². The molecule has 1 aliphatic heterocycles. The van der Waals surface area contributed by atoms with Gasteiger partial charge in [0.05, 0.1) is 17.2 Å². The number of carboxylic acids is 1. The highest BCUT2D eigenvalue weighted by molar-refractivity contribution is 5.96. The molecule has 2 rings (SSSR count). The number of hydrogen-bond donors (Lipinski definition) is 4. The second kappa shape index (κ2) is 5.71. The summed E-state index contributed by atoms with van der Waals surface area (Å²) in [5, 5.41) is 24.2. The van der Waals surface area contributed by atoms with Crippen molar-refractivity contribution in [2.45, 2.75) is 12.8 Å². The van der Waals surface area contributed by atoms with E-state index in [1.807, 2.05) is 0 Å². The van der Waals surface area contributed by atoms with Crippen LogP contribution in [0.2, 0.25) is 0 Å². The summed E-state index contributed by atoms with van der Waals surface area (Å²) < 4.78 is 0. The van der Waals surface area contributed by atoms with Crippen LogP contribution >= 0.6 is 0 Å². The number of rotatable bonds is 3. The van der Waals surface area contributed by atoms with Crippen molar-refractivity contribution in [3.05, 3.63) is 23.8 Å². The highest BCUT2D eigenvalue weighted by Gasteiger charge is 2.22. The molecule has 1 fully saturated rings. The maximum absolute atomic E-state index is 12.0. The summed E-state index contributed by atoms with van der Waals surface area (Å²) >= 11 is 0. The molecule has 0 spiro atoms. The van der Waals surface area contributed by atoms with Gasteiger partial charge in [0.1, 0.15) is 5.75 Å². The highest BCUT2D eigenvalue weighted by atomic mass is 16.4. The first-order chi connectivity index (χ1) is 9.08. The lowest BCUT2D eigenvalue weighted by Crippen LogP contribution is -2.37. The van der Waals surface area contributed by atoms with Gasteiger partial charge in [-0.15, -0.1) is 0 Å². The van der Waals surface area contributed by atoms with Crippen molar-refractivity contribution in [2.24, 2.45) is 5.92 Å². The van der Waals surface area contributed by atoms with Crippen molar-refractivity contribution in [2.75, 3.05) is 18.4 Å². The van der Waals surface area contributed by atoms with Crippen molar-refractivity contribution >= 4 is 17.6 Å². The number of anilines is 1. The van der Waals surface area contributed by atoms with Crippen molar-refractivity contribution < 1.29 is 19.8 Å². The third-order valence-electron chi connectivity index (χ3n) is 3.17. The second-order valence-electron chi connectivity index (χ2n) is 4.57. The van der Waals surface area contributed by atoms with Gasteiger partial charge in [-0.25, -0.2) is 4.79 Å². The number of nitrogens with one attached hydrogen (secondary N) is 2. The molecule has 1 heterocycles. The maximum Gasteiger partial charge on any atom is 0.335 e. The average molecular weight is 264 g/mol. The summed E-state index contributed by atoms with van der Waals surface area (Å²) in [6.45, 7) is 1.51. The Bertz CT molecular complexity index is 495. The lowest BCUT2D eigenvalue weighted by molar-refractivity contribution is -0.120. The first-order valence-electron chi connectivity index (χ1n) is 6.16. The fourth-order valence-electron chi connectivity index (χ4n) is 2.08. The second-order valence-corrected chi connectivity index (χ2v) is 4.57. The highest BCUT2D eigenvalue weighted by Crippen LogP contribution is 2.25. The lowest BCUT2D eigenvalue weighted by Gasteiger charge is -2.22. The van der Waals surface area contributed by atoms with Crippen molar-refractivity contribution in [1.82, 2.24) is 5.32 Å². The van der Waals surface area contributed by atoms with Gasteiger partial charge in [-0.1, -0.05) is 0 Å². The topological polar surface area (TPSA) is 98.7 Å². The normalized spacial score (nSPS) is 18.8. The number of amides is 1. The number of piperidine rings is 1. The van der Waals surface area contributed by atoms with E-state index in [1.165, 1.54) is 18.2 Å². The van der Waals surface area contributed by atoms with Gasteiger partial charge in [-0.3, -0.25) is 4.79 Å². The van der Waals surface area contributed by atoms with Crippen LogP contribution in [-0.2, 0) is 4.79 Å². The summed E-state index contributed by atoms with van der Waals surface area (Å²) in [6.07, 6.45) is 1.72. The number of aromatic hydroxyl groups is 1. The van der Waals surface area contributed by atoms with Crippen LogP contribution in [0, 0.1) is 5.92 Å². The summed E-state index contributed by atoms with van der Waals surface area (Å²) in [6, 6.07) is 3.81. The number of carbonyl (C=O) groups is 2. The van der Waals surface area contributed by atoms with Gasteiger partial charge in [-0.2, -0.15) is 0 Å². The van der Waals surface area contributed by atoms with E-state index in [-0.39, 0.29) is 28.8 Å². The summed E-state index contributed by atoms with van der Waals surface area (Å²) in [5.41, 5.74) is 0.158. The fourth-order valence-corrected chi connectivity index (χ4v) is 2.08. The molecule has 4 N–H and O–H groups in total. The van der Waals surface area contributed by atoms with Crippen molar-refractivity contribution in [3.63, 3.8) is 0 Å². The van der Waals surface area contributed by atoms with Crippen molar-refractivity contribution in [1.29, 1.82) is 0 Å². The molecule has 6 nitrogen and oxygen atoms in total. The van der Waals surface area contributed by atoms with Gasteiger partial charge in [0.15, 0.2) is 0 Å². The quantitative estimate of drug-likeness (QED) is 0.611. The van der Waals surface area contributed by atoms with Crippen molar-refractivity contribution in [3.8, 4) is 5.75 Å². The summed E-state index contributed by atoms with van der Waals surface area (Å²) in [4.78, 5) is 22.8. The van der Waals surface area contributed by atoms with E-state index in [0.717, 1.165) is 19.4 Å². The fraction of sp³-hybridized carbons (Fsp3) is 0.385. The SMILES string of the molecule is O=C(O)c1ccc(O)c(NC(=O)C2CCCNC2)c1. The van der Waals surface area contributed by atoms with Crippen LogP contribution in [0.15, 0.2) is 18.2 Å². The molecule has 1 amide bonds. The third kappa shape index (κ3) is 3.23. The first kappa shape index (κ1) is 13.4. The summed E-state index contributed by atoms with van der Waals surface area (Å²) in [7, 11) is 0. The van der Waals surface area contributed by atoms with E-state index in [9.17, 15) is 14.7 Å². The molecule has 0 radical (unpaired) electrons. The number of phenolic OH excluding ortho intramolecular Hbond substituents is 1. The maximum atomic E-state index is 12.0. The van der Waals surface area contributed by atoms with Crippen LogP contribution in [0.5, 0.6) is 5.75 Å². The number of aromatic carboxylic acids is 1. The van der Waals surface area contributed by atoms with Gasteiger partial charge in [-0.05, 0) is 37.6 Å². The van der Waals surface area contributed by atoms with E-state index < -0.39 is 5.97 Å². The Morgan fingerprint density at radius 1 is 1.37 bits per heavy atom. The van der Waals surface area contributed by atoms with E-state index in [1.54, 1.807) is 0 Å². The zero-order valence-electron chi connectivity index (χ0n) is 10.3. The van der Waals surface area contributed by atoms with Gasteiger partial charge >= 0.3 is 5.97 Å². The number of benzene rings is 1. The zero-order valence-corrected chi connectivity index (χ0v) is 10.3. The molecule has 1 atom stereocenters. The molecule has 1 unspecified atom stereocenters. The standard InChI is InChI=1S/C13H16N2O4/c16-11-4-3-8(13(18)19)6-10(11)15-12(17)9-2-1-5-14-7-9/h3-4,6,9,14,16H,1-2,5,7H2,(H,15,17)(H,18,19). The molecule has 0 saturated carbocycles. The van der Waals surface area contributed by atoms with Gasteiger partial charge in [0.25, 0.3) is 0 Å². The zero-order chi connectivity index (χ0) is 13.8. The number of carboxylic acid groups (broad SMARTS) is 1. The smallest absolute Gasteiger partial charge is 0.335 e. The molecule has 1 saturated heterocycles. The predicted molar refractivity (Wildman–Crippen MR) is 69.3 cm³/mol.